The van der Waals surface area contributed by atoms with Gasteiger partial charge in [-0.1, -0.05) is 0 Å². The standard InChI is InChI=1S/C15H25N5O8S/c1-29-3-2-8(15(27)28)20-14(26)9(5-12(23)24)19-11(22)6-18-13(25)7(16)4-10(17)21/h7-9H,2-6,16H2,1H3,(H2,17,21)(H,18,25)(H,19,22)(H,20,26)(H,23,24)(H,27,28). The van der Waals surface area contributed by atoms with Gasteiger partial charge in [-0.2, -0.15) is 11.8 Å². The van der Waals surface area contributed by atoms with Crippen LogP contribution in [-0.2, 0) is 28.8 Å². The van der Waals surface area contributed by atoms with E-state index >= 15 is 0 Å². The van der Waals surface area contributed by atoms with Gasteiger partial charge in [0.25, 0.3) is 0 Å². The first-order valence-electron chi connectivity index (χ1n) is 8.32. The monoisotopic (exact) mass is 435 g/mol. The Morgan fingerprint density at radius 2 is 1.59 bits per heavy atom. The van der Waals surface area contributed by atoms with Gasteiger partial charge in [-0.05, 0) is 18.4 Å². The molecular weight excluding hydrogens is 410 g/mol. The highest BCUT2D eigenvalue weighted by molar-refractivity contribution is 7.98. The van der Waals surface area contributed by atoms with Crippen molar-refractivity contribution in [3.05, 3.63) is 0 Å². The third kappa shape index (κ3) is 11.5. The minimum Gasteiger partial charge on any atom is -0.481 e. The van der Waals surface area contributed by atoms with E-state index in [0.29, 0.717) is 5.75 Å². The summed E-state index contributed by atoms with van der Waals surface area (Å²) in [6.07, 6.45) is 0.604. The molecule has 0 saturated heterocycles. The second-order valence-electron chi connectivity index (χ2n) is 5.89. The van der Waals surface area contributed by atoms with Crippen LogP contribution < -0.4 is 27.4 Å². The van der Waals surface area contributed by atoms with Gasteiger partial charge < -0.3 is 37.6 Å². The number of hydrogen-bond donors (Lipinski definition) is 7. The van der Waals surface area contributed by atoms with E-state index in [2.05, 4.69) is 16.0 Å². The lowest BCUT2D eigenvalue weighted by molar-refractivity contribution is -0.143. The zero-order chi connectivity index (χ0) is 22.6. The number of hydrogen-bond acceptors (Lipinski definition) is 8. The van der Waals surface area contributed by atoms with Crippen molar-refractivity contribution in [2.45, 2.75) is 37.4 Å². The molecule has 4 amide bonds. The fraction of sp³-hybridized carbons (Fsp3) is 0.600. The predicted molar refractivity (Wildman–Crippen MR) is 102 cm³/mol. The number of primary amides is 1. The van der Waals surface area contributed by atoms with Crippen molar-refractivity contribution in [1.82, 2.24) is 16.0 Å². The molecule has 3 unspecified atom stereocenters. The smallest absolute Gasteiger partial charge is 0.326 e. The number of nitrogens with two attached hydrogens (primary N) is 2. The second-order valence-corrected chi connectivity index (χ2v) is 6.88. The van der Waals surface area contributed by atoms with E-state index in [9.17, 15) is 28.8 Å². The van der Waals surface area contributed by atoms with Gasteiger partial charge in [0.2, 0.25) is 23.6 Å². The van der Waals surface area contributed by atoms with Gasteiger partial charge in [-0.15, -0.1) is 0 Å². The lowest BCUT2D eigenvalue weighted by atomic mass is 10.1. The molecule has 0 rings (SSSR count). The molecule has 0 aliphatic rings. The fourth-order valence-corrected chi connectivity index (χ4v) is 2.47. The molecule has 0 spiro atoms. The largest absolute Gasteiger partial charge is 0.481 e. The normalized spacial score (nSPS) is 13.4. The molecule has 0 bridgehead atoms. The van der Waals surface area contributed by atoms with Crippen molar-refractivity contribution in [2.24, 2.45) is 11.5 Å². The highest BCUT2D eigenvalue weighted by Crippen LogP contribution is 2.03. The highest BCUT2D eigenvalue weighted by atomic mass is 32.2. The quantitative estimate of drug-likeness (QED) is 0.143. The van der Waals surface area contributed by atoms with Crippen LogP contribution in [0.15, 0.2) is 0 Å². The van der Waals surface area contributed by atoms with Crippen LogP contribution in [0, 0.1) is 0 Å². The van der Waals surface area contributed by atoms with E-state index in [4.69, 9.17) is 21.7 Å². The van der Waals surface area contributed by atoms with Gasteiger partial charge in [0, 0.05) is 0 Å². The van der Waals surface area contributed by atoms with E-state index in [1.807, 2.05) is 0 Å². The molecule has 0 aromatic carbocycles. The zero-order valence-electron chi connectivity index (χ0n) is 15.7. The van der Waals surface area contributed by atoms with Gasteiger partial charge in [0.05, 0.1) is 25.4 Å². The topological polar surface area (TPSA) is 231 Å². The van der Waals surface area contributed by atoms with Crippen LogP contribution in [0.25, 0.3) is 0 Å². The lowest BCUT2D eigenvalue weighted by Crippen LogP contribution is -2.54. The van der Waals surface area contributed by atoms with Crippen LogP contribution in [0.4, 0.5) is 0 Å². The van der Waals surface area contributed by atoms with Crippen molar-refractivity contribution in [3.63, 3.8) is 0 Å². The van der Waals surface area contributed by atoms with Gasteiger partial charge in [-0.3, -0.25) is 24.0 Å². The summed E-state index contributed by atoms with van der Waals surface area (Å²) in [4.78, 5) is 68.7. The van der Waals surface area contributed by atoms with E-state index in [-0.39, 0.29) is 6.42 Å². The second kappa shape index (κ2) is 13.3. The fourth-order valence-electron chi connectivity index (χ4n) is 2.00. The summed E-state index contributed by atoms with van der Waals surface area (Å²) < 4.78 is 0. The van der Waals surface area contributed by atoms with Crippen LogP contribution in [-0.4, -0.2) is 82.5 Å². The average Bonchev–Trinajstić information content (AvgIpc) is 2.61. The van der Waals surface area contributed by atoms with Gasteiger partial charge in [0.15, 0.2) is 0 Å². The molecule has 29 heavy (non-hydrogen) atoms. The van der Waals surface area contributed by atoms with E-state index in [0.717, 1.165) is 0 Å². The molecule has 164 valence electrons. The first kappa shape index (κ1) is 26.1. The highest BCUT2D eigenvalue weighted by Gasteiger charge is 2.28. The number of nitrogens with one attached hydrogen (secondary N) is 3. The molecule has 0 fully saturated rings. The predicted octanol–water partition coefficient (Wildman–Crippen LogP) is -3.41. The van der Waals surface area contributed by atoms with Gasteiger partial charge in [-0.25, -0.2) is 4.79 Å². The number of rotatable bonds is 14. The van der Waals surface area contributed by atoms with Crippen LogP contribution in [0.2, 0.25) is 0 Å². The molecule has 0 aromatic heterocycles. The minimum absolute atomic E-state index is 0.101. The van der Waals surface area contributed by atoms with Crippen molar-refractivity contribution in [3.8, 4) is 0 Å². The number of thioether (sulfide) groups is 1. The number of carbonyl (C=O) groups is 6. The number of carboxylic acids is 2. The van der Waals surface area contributed by atoms with Crippen molar-refractivity contribution < 1.29 is 39.0 Å². The zero-order valence-corrected chi connectivity index (χ0v) is 16.5. The molecule has 3 atom stereocenters. The molecule has 0 aliphatic heterocycles. The maximum absolute atomic E-state index is 12.2. The molecule has 0 aliphatic carbocycles. The minimum atomic E-state index is -1.56. The average molecular weight is 435 g/mol. The summed E-state index contributed by atoms with van der Waals surface area (Å²) in [6, 6.07) is -4.09. The van der Waals surface area contributed by atoms with Crippen molar-refractivity contribution >= 4 is 47.3 Å². The summed E-state index contributed by atoms with van der Waals surface area (Å²) in [7, 11) is 0. The molecule has 0 aromatic rings. The van der Waals surface area contributed by atoms with Crippen LogP contribution in [0.3, 0.4) is 0 Å². The van der Waals surface area contributed by atoms with E-state index in [1.54, 1.807) is 6.26 Å². The summed E-state index contributed by atoms with van der Waals surface area (Å²) in [5.74, 6) is -5.85. The number of aliphatic carboxylic acids is 2. The van der Waals surface area contributed by atoms with Crippen LogP contribution >= 0.6 is 11.8 Å². The Morgan fingerprint density at radius 3 is 2.07 bits per heavy atom. The molecule has 0 heterocycles. The Bertz CT molecular complexity index is 644. The number of carbonyl (C=O) groups excluding carboxylic acids is 4. The van der Waals surface area contributed by atoms with Crippen molar-refractivity contribution in [1.29, 1.82) is 0 Å². The molecule has 9 N–H and O–H groups in total. The van der Waals surface area contributed by atoms with Crippen molar-refractivity contribution in [2.75, 3.05) is 18.6 Å². The van der Waals surface area contributed by atoms with Gasteiger partial charge >= 0.3 is 11.9 Å². The van der Waals surface area contributed by atoms with Gasteiger partial charge in [0.1, 0.15) is 12.1 Å². The third-order valence-corrected chi connectivity index (χ3v) is 4.08. The maximum Gasteiger partial charge on any atom is 0.326 e. The lowest BCUT2D eigenvalue weighted by Gasteiger charge is -2.20. The van der Waals surface area contributed by atoms with Crippen LogP contribution in [0.1, 0.15) is 19.3 Å². The first-order valence-corrected chi connectivity index (χ1v) is 9.72. The first-order chi connectivity index (χ1) is 13.5. The van der Waals surface area contributed by atoms with E-state index < -0.39 is 73.1 Å². The summed E-state index contributed by atoms with van der Waals surface area (Å²) in [5, 5.41) is 24.5. The number of amides is 4. The molecule has 14 heteroatoms. The molecule has 0 saturated carbocycles. The van der Waals surface area contributed by atoms with E-state index in [1.165, 1.54) is 11.8 Å². The third-order valence-electron chi connectivity index (χ3n) is 3.44. The Balaban J connectivity index is 4.88. The summed E-state index contributed by atoms with van der Waals surface area (Å²) in [5.41, 5.74) is 10.3. The SMILES string of the molecule is CSCCC(NC(=O)C(CC(=O)O)NC(=O)CNC(=O)C(N)CC(N)=O)C(=O)O. The summed E-state index contributed by atoms with van der Waals surface area (Å²) in [6.45, 7) is -0.649. The maximum atomic E-state index is 12.2. The Hall–Kier alpha value is -2.87. The Morgan fingerprint density at radius 1 is 0.966 bits per heavy atom. The summed E-state index contributed by atoms with van der Waals surface area (Å²) >= 11 is 1.36. The Labute approximate surface area is 170 Å². The number of carboxylic acid groups (broad SMARTS) is 2. The Kier molecular flexibility index (Phi) is 12.0. The molecule has 13 nitrogen and oxygen atoms in total. The van der Waals surface area contributed by atoms with Crippen LogP contribution in [0.5, 0.6) is 0 Å². The molecule has 0 radical (unpaired) electrons. The molecular formula is C15H25N5O8S.